The minimum atomic E-state index is -0.820. The van der Waals surface area contributed by atoms with Gasteiger partial charge in [0.15, 0.2) is 0 Å². The van der Waals surface area contributed by atoms with E-state index in [4.69, 9.17) is 15.2 Å². The molecule has 0 unspecified atom stereocenters. The van der Waals surface area contributed by atoms with E-state index in [0.29, 0.717) is 29.2 Å². The van der Waals surface area contributed by atoms with Crippen LogP contribution in [-0.4, -0.2) is 25.2 Å². The molecule has 0 saturated carbocycles. The van der Waals surface area contributed by atoms with Crippen LogP contribution in [-0.2, 0) is 26.1 Å². The number of nitrogens with two attached hydrogens (primary N) is 1. The second-order valence-electron chi connectivity index (χ2n) is 5.27. The number of carbonyl (C=O) groups is 2. The predicted octanol–water partition coefficient (Wildman–Crippen LogP) is 2.66. The van der Waals surface area contributed by atoms with Crippen LogP contribution in [0.5, 0.6) is 0 Å². The number of fused-ring (bicyclic) bond motifs is 1. The summed E-state index contributed by atoms with van der Waals surface area (Å²) in [6.07, 6.45) is 2.37. The second kappa shape index (κ2) is 6.05. The summed E-state index contributed by atoms with van der Waals surface area (Å²) in [5.41, 5.74) is 6.26. The molecule has 1 aliphatic carbocycles. The molecule has 0 spiro atoms. The minimum absolute atomic E-state index is 0.277. The molecule has 1 aromatic rings. The monoisotopic (exact) mass is 311 g/mol. The summed E-state index contributed by atoms with van der Waals surface area (Å²) in [4.78, 5) is 25.6. The summed E-state index contributed by atoms with van der Waals surface area (Å²) < 4.78 is 10.3. The maximum Gasteiger partial charge on any atom is 0.341 e. The van der Waals surface area contributed by atoms with E-state index in [0.717, 1.165) is 17.7 Å². The standard InChI is InChI=1S/C15H21NO4S/c1-4-19-13(17)10-11-9(21-12(10)16)7-6-8-15(11,3)14(18)20-5-2/h4-8,16H2,1-3H3/t15-/m1/s1. The predicted molar refractivity (Wildman–Crippen MR) is 81.6 cm³/mol. The van der Waals surface area contributed by atoms with Crippen molar-refractivity contribution < 1.29 is 19.1 Å². The normalized spacial score (nSPS) is 20.7. The van der Waals surface area contributed by atoms with E-state index < -0.39 is 11.4 Å². The zero-order valence-corrected chi connectivity index (χ0v) is 13.5. The Morgan fingerprint density at radius 1 is 1.29 bits per heavy atom. The molecule has 0 aliphatic heterocycles. The van der Waals surface area contributed by atoms with Crippen LogP contribution in [0.25, 0.3) is 0 Å². The molecule has 1 aromatic heterocycles. The Bertz CT molecular complexity index is 566. The van der Waals surface area contributed by atoms with E-state index in [9.17, 15) is 9.59 Å². The van der Waals surface area contributed by atoms with E-state index in [1.165, 1.54) is 11.3 Å². The van der Waals surface area contributed by atoms with Crippen molar-refractivity contribution in [2.75, 3.05) is 18.9 Å². The van der Waals surface area contributed by atoms with Gasteiger partial charge in [0, 0.05) is 4.88 Å². The third-order valence-electron chi connectivity index (χ3n) is 3.85. The molecule has 1 heterocycles. The van der Waals surface area contributed by atoms with Gasteiger partial charge in [-0.2, -0.15) is 0 Å². The number of carbonyl (C=O) groups excluding carboxylic acids is 2. The highest BCUT2D eigenvalue weighted by Gasteiger charge is 2.45. The van der Waals surface area contributed by atoms with Gasteiger partial charge in [-0.25, -0.2) is 4.79 Å². The number of hydrogen-bond donors (Lipinski definition) is 1. The van der Waals surface area contributed by atoms with Crippen LogP contribution in [0.1, 0.15) is 54.4 Å². The summed E-state index contributed by atoms with van der Waals surface area (Å²) in [7, 11) is 0. The Morgan fingerprint density at radius 2 is 1.95 bits per heavy atom. The number of esters is 2. The molecule has 2 rings (SSSR count). The number of rotatable bonds is 4. The second-order valence-corrected chi connectivity index (χ2v) is 6.40. The van der Waals surface area contributed by atoms with Gasteiger partial charge in [0.25, 0.3) is 0 Å². The van der Waals surface area contributed by atoms with E-state index in [-0.39, 0.29) is 12.6 Å². The average Bonchev–Trinajstić information content (AvgIpc) is 2.77. The smallest absolute Gasteiger partial charge is 0.341 e. The molecular weight excluding hydrogens is 290 g/mol. The van der Waals surface area contributed by atoms with Gasteiger partial charge in [0.1, 0.15) is 5.00 Å². The van der Waals surface area contributed by atoms with Crippen molar-refractivity contribution in [2.24, 2.45) is 0 Å². The number of ether oxygens (including phenoxy) is 2. The molecular formula is C15H21NO4S. The third-order valence-corrected chi connectivity index (χ3v) is 4.92. The van der Waals surface area contributed by atoms with Crippen molar-refractivity contribution in [1.82, 2.24) is 0 Å². The zero-order chi connectivity index (χ0) is 15.6. The van der Waals surface area contributed by atoms with Gasteiger partial charge in [0.05, 0.1) is 24.2 Å². The first-order valence-electron chi connectivity index (χ1n) is 7.21. The van der Waals surface area contributed by atoms with Crippen LogP contribution in [0.4, 0.5) is 5.00 Å². The molecule has 0 radical (unpaired) electrons. The molecule has 0 amide bonds. The number of thiophene rings is 1. The van der Waals surface area contributed by atoms with Crippen molar-refractivity contribution in [3.63, 3.8) is 0 Å². The zero-order valence-electron chi connectivity index (χ0n) is 12.7. The number of anilines is 1. The highest BCUT2D eigenvalue weighted by Crippen LogP contribution is 2.46. The Morgan fingerprint density at radius 3 is 2.57 bits per heavy atom. The fraction of sp³-hybridized carbons (Fsp3) is 0.600. The van der Waals surface area contributed by atoms with E-state index in [1.807, 2.05) is 6.92 Å². The molecule has 6 heteroatoms. The van der Waals surface area contributed by atoms with Crippen molar-refractivity contribution in [2.45, 2.75) is 45.4 Å². The first-order chi connectivity index (χ1) is 9.95. The highest BCUT2D eigenvalue weighted by molar-refractivity contribution is 7.16. The third kappa shape index (κ3) is 2.64. The lowest BCUT2D eigenvalue weighted by Crippen LogP contribution is -2.38. The van der Waals surface area contributed by atoms with Crippen molar-refractivity contribution in [3.8, 4) is 0 Å². The molecule has 0 fully saturated rings. The summed E-state index contributed by atoms with van der Waals surface area (Å²) in [6, 6.07) is 0. The van der Waals surface area contributed by atoms with Crippen LogP contribution in [0.15, 0.2) is 0 Å². The summed E-state index contributed by atoms with van der Waals surface area (Å²) in [5.74, 6) is -0.751. The van der Waals surface area contributed by atoms with Crippen LogP contribution >= 0.6 is 11.3 Å². The Balaban J connectivity index is 2.55. The van der Waals surface area contributed by atoms with Gasteiger partial charge in [0.2, 0.25) is 0 Å². The lowest BCUT2D eigenvalue weighted by molar-refractivity contribution is -0.150. The average molecular weight is 311 g/mol. The lowest BCUT2D eigenvalue weighted by atomic mass is 9.72. The van der Waals surface area contributed by atoms with Gasteiger partial charge < -0.3 is 15.2 Å². The fourth-order valence-electron chi connectivity index (χ4n) is 2.88. The van der Waals surface area contributed by atoms with Gasteiger partial charge >= 0.3 is 11.9 Å². The quantitative estimate of drug-likeness (QED) is 0.865. The number of hydrogen-bond acceptors (Lipinski definition) is 6. The van der Waals surface area contributed by atoms with Crippen molar-refractivity contribution in [3.05, 3.63) is 16.0 Å². The minimum Gasteiger partial charge on any atom is -0.465 e. The molecule has 5 nitrogen and oxygen atoms in total. The summed E-state index contributed by atoms with van der Waals surface area (Å²) >= 11 is 1.38. The van der Waals surface area contributed by atoms with E-state index in [2.05, 4.69) is 0 Å². The maximum atomic E-state index is 12.4. The van der Waals surface area contributed by atoms with Gasteiger partial charge in [-0.1, -0.05) is 0 Å². The highest BCUT2D eigenvalue weighted by atomic mass is 32.1. The van der Waals surface area contributed by atoms with Gasteiger partial charge in [-0.15, -0.1) is 11.3 Å². The fourth-order valence-corrected chi connectivity index (χ4v) is 4.11. The SMILES string of the molecule is CCOC(=O)c1c(N)sc2c1[C@](C)(C(=O)OCC)CCC2. The molecule has 1 aliphatic rings. The largest absolute Gasteiger partial charge is 0.465 e. The van der Waals surface area contributed by atoms with Crippen LogP contribution < -0.4 is 5.73 Å². The topological polar surface area (TPSA) is 78.6 Å². The van der Waals surface area contributed by atoms with E-state index >= 15 is 0 Å². The van der Waals surface area contributed by atoms with E-state index in [1.54, 1.807) is 13.8 Å². The summed E-state index contributed by atoms with van der Waals surface area (Å²) in [6.45, 7) is 5.95. The van der Waals surface area contributed by atoms with Gasteiger partial charge in [-0.3, -0.25) is 4.79 Å². The Hall–Kier alpha value is -1.56. The summed E-state index contributed by atoms with van der Waals surface area (Å²) in [5, 5.41) is 0.427. The lowest BCUT2D eigenvalue weighted by Gasteiger charge is -2.32. The molecule has 21 heavy (non-hydrogen) atoms. The Labute approximate surface area is 128 Å². The first kappa shape index (κ1) is 15.8. The maximum absolute atomic E-state index is 12.4. The van der Waals surface area contributed by atoms with Crippen LogP contribution in [0.2, 0.25) is 0 Å². The van der Waals surface area contributed by atoms with Gasteiger partial charge in [-0.05, 0) is 45.6 Å². The first-order valence-corrected chi connectivity index (χ1v) is 8.03. The molecule has 116 valence electrons. The number of nitrogen functional groups attached to an aromatic ring is 1. The van der Waals surface area contributed by atoms with Crippen molar-refractivity contribution in [1.29, 1.82) is 0 Å². The van der Waals surface area contributed by atoms with Crippen LogP contribution in [0, 0.1) is 0 Å². The van der Waals surface area contributed by atoms with Crippen molar-refractivity contribution >= 4 is 28.3 Å². The molecule has 0 saturated heterocycles. The number of aryl methyl sites for hydroxylation is 1. The molecule has 1 atom stereocenters. The molecule has 0 aromatic carbocycles. The molecule has 2 N–H and O–H groups in total. The molecule has 0 bridgehead atoms. The Kier molecular flexibility index (Phi) is 4.56. The van der Waals surface area contributed by atoms with Crippen LogP contribution in [0.3, 0.4) is 0 Å².